The zero-order valence-electron chi connectivity index (χ0n) is 10.4. The van der Waals surface area contributed by atoms with Crippen molar-refractivity contribution >= 4 is 0 Å². The fraction of sp³-hybridized carbons (Fsp3) is 0.818. The van der Waals surface area contributed by atoms with Gasteiger partial charge in [0, 0.05) is 18.5 Å². The number of nitrogens with zero attached hydrogens (tertiary/aromatic N) is 3. The van der Waals surface area contributed by atoms with Crippen LogP contribution in [0.5, 0.6) is 0 Å². The maximum atomic E-state index is 6.12. The van der Waals surface area contributed by atoms with Crippen molar-refractivity contribution in [3.8, 4) is 0 Å². The third kappa shape index (κ3) is 3.02. The summed E-state index contributed by atoms with van der Waals surface area (Å²) in [6.07, 6.45) is 2.19. The highest BCUT2D eigenvalue weighted by molar-refractivity contribution is 4.93. The topological polar surface area (TPSA) is 75.2 Å². The molecular weight excluding hydrogens is 220 g/mol. The fourth-order valence-electron chi connectivity index (χ4n) is 1.95. The molecule has 2 atom stereocenters. The van der Waals surface area contributed by atoms with Gasteiger partial charge in [-0.2, -0.15) is 5.10 Å². The number of aromatic nitrogens is 3. The van der Waals surface area contributed by atoms with E-state index >= 15 is 0 Å². The summed E-state index contributed by atoms with van der Waals surface area (Å²) in [5.41, 5.74) is 6.12. The van der Waals surface area contributed by atoms with E-state index < -0.39 is 0 Å². The highest BCUT2D eigenvalue weighted by Crippen LogP contribution is 2.11. The summed E-state index contributed by atoms with van der Waals surface area (Å²) in [4.78, 5) is 4.25. The van der Waals surface area contributed by atoms with Crippen molar-refractivity contribution in [2.24, 2.45) is 5.73 Å². The van der Waals surface area contributed by atoms with Crippen molar-refractivity contribution in [2.75, 3.05) is 19.8 Å². The minimum atomic E-state index is -0.100. The Morgan fingerprint density at radius 2 is 2.35 bits per heavy atom. The van der Waals surface area contributed by atoms with Crippen LogP contribution in [0.1, 0.15) is 25.7 Å². The molecule has 0 spiro atoms. The standard InChI is InChI=1S/C11H20N4O2/c1-8(2)15-11(13-7-14-15)5-9(12)10-6-16-3-4-17-10/h7-10H,3-6,12H2,1-2H3. The van der Waals surface area contributed by atoms with Crippen LogP contribution in [0.2, 0.25) is 0 Å². The van der Waals surface area contributed by atoms with Gasteiger partial charge in [0.15, 0.2) is 0 Å². The number of ether oxygens (including phenoxy) is 2. The van der Waals surface area contributed by atoms with Crippen LogP contribution in [0.4, 0.5) is 0 Å². The monoisotopic (exact) mass is 240 g/mol. The first-order valence-corrected chi connectivity index (χ1v) is 6.01. The van der Waals surface area contributed by atoms with E-state index in [1.54, 1.807) is 6.33 Å². The Kier molecular flexibility index (Phi) is 4.09. The largest absolute Gasteiger partial charge is 0.376 e. The van der Waals surface area contributed by atoms with Crippen LogP contribution >= 0.6 is 0 Å². The lowest BCUT2D eigenvalue weighted by Gasteiger charge is -2.27. The molecule has 17 heavy (non-hydrogen) atoms. The molecule has 1 aliphatic rings. The van der Waals surface area contributed by atoms with Crippen LogP contribution in [-0.4, -0.2) is 46.7 Å². The molecule has 2 unspecified atom stereocenters. The molecule has 0 aliphatic carbocycles. The maximum Gasteiger partial charge on any atom is 0.138 e. The van der Waals surface area contributed by atoms with E-state index in [4.69, 9.17) is 15.2 Å². The molecule has 2 rings (SSSR count). The van der Waals surface area contributed by atoms with Crippen LogP contribution in [0.15, 0.2) is 6.33 Å². The van der Waals surface area contributed by atoms with E-state index in [1.807, 2.05) is 4.68 Å². The first-order chi connectivity index (χ1) is 8.18. The predicted molar refractivity (Wildman–Crippen MR) is 62.6 cm³/mol. The molecule has 1 aromatic heterocycles. The van der Waals surface area contributed by atoms with Crippen molar-refractivity contribution in [3.63, 3.8) is 0 Å². The normalized spacial score (nSPS) is 22.9. The van der Waals surface area contributed by atoms with E-state index in [0.29, 0.717) is 32.3 Å². The molecule has 96 valence electrons. The number of rotatable bonds is 4. The molecule has 6 nitrogen and oxygen atoms in total. The van der Waals surface area contributed by atoms with Crippen LogP contribution in [0.3, 0.4) is 0 Å². The summed E-state index contributed by atoms with van der Waals surface area (Å²) in [7, 11) is 0. The second-order valence-electron chi connectivity index (χ2n) is 4.57. The van der Waals surface area contributed by atoms with Gasteiger partial charge < -0.3 is 15.2 Å². The fourth-order valence-corrected chi connectivity index (χ4v) is 1.95. The van der Waals surface area contributed by atoms with Gasteiger partial charge in [-0.05, 0) is 13.8 Å². The molecule has 2 heterocycles. The summed E-state index contributed by atoms with van der Waals surface area (Å²) in [5, 5.41) is 4.19. The maximum absolute atomic E-state index is 6.12. The Bertz CT molecular complexity index is 347. The average Bonchev–Trinajstić information content (AvgIpc) is 2.78. The summed E-state index contributed by atoms with van der Waals surface area (Å²) in [6.45, 7) is 5.99. The zero-order chi connectivity index (χ0) is 12.3. The molecule has 1 saturated heterocycles. The van der Waals surface area contributed by atoms with Gasteiger partial charge in [-0.1, -0.05) is 0 Å². The van der Waals surface area contributed by atoms with Crippen LogP contribution in [0.25, 0.3) is 0 Å². The van der Waals surface area contributed by atoms with Crippen LogP contribution < -0.4 is 5.73 Å². The van der Waals surface area contributed by atoms with E-state index in [9.17, 15) is 0 Å². The molecule has 0 amide bonds. The number of nitrogens with two attached hydrogens (primary N) is 1. The molecule has 0 bridgehead atoms. The average molecular weight is 240 g/mol. The van der Waals surface area contributed by atoms with Crippen LogP contribution in [0, 0.1) is 0 Å². The Morgan fingerprint density at radius 1 is 1.53 bits per heavy atom. The van der Waals surface area contributed by atoms with Gasteiger partial charge in [-0.15, -0.1) is 0 Å². The van der Waals surface area contributed by atoms with E-state index in [0.717, 1.165) is 5.82 Å². The van der Waals surface area contributed by atoms with Gasteiger partial charge >= 0.3 is 0 Å². The smallest absolute Gasteiger partial charge is 0.138 e. The van der Waals surface area contributed by atoms with E-state index in [1.165, 1.54) is 0 Å². The van der Waals surface area contributed by atoms with Crippen LogP contribution in [-0.2, 0) is 15.9 Å². The third-order valence-electron chi connectivity index (χ3n) is 2.87. The Morgan fingerprint density at radius 3 is 3.00 bits per heavy atom. The predicted octanol–water partition coefficient (Wildman–Crippen LogP) is 0.144. The summed E-state index contributed by atoms with van der Waals surface area (Å²) < 4.78 is 12.8. The molecule has 0 aromatic carbocycles. The lowest BCUT2D eigenvalue weighted by molar-refractivity contribution is -0.0970. The molecule has 0 saturated carbocycles. The molecule has 6 heteroatoms. The molecule has 1 aliphatic heterocycles. The Hall–Kier alpha value is -0.980. The van der Waals surface area contributed by atoms with Gasteiger partial charge in [0.05, 0.1) is 25.9 Å². The zero-order valence-corrected chi connectivity index (χ0v) is 10.4. The lowest BCUT2D eigenvalue weighted by Crippen LogP contribution is -2.45. The molecular formula is C11H20N4O2. The first kappa shape index (κ1) is 12.5. The second-order valence-corrected chi connectivity index (χ2v) is 4.57. The minimum Gasteiger partial charge on any atom is -0.376 e. The summed E-state index contributed by atoms with van der Waals surface area (Å²) in [6, 6.07) is 0.195. The molecule has 2 N–H and O–H groups in total. The van der Waals surface area contributed by atoms with E-state index in [2.05, 4.69) is 23.9 Å². The quantitative estimate of drug-likeness (QED) is 0.810. The SMILES string of the molecule is CC(C)n1ncnc1CC(N)C1COCCO1. The summed E-state index contributed by atoms with van der Waals surface area (Å²) in [5.74, 6) is 0.904. The minimum absolute atomic E-state index is 0.0407. The van der Waals surface area contributed by atoms with Gasteiger partial charge in [0.25, 0.3) is 0 Å². The lowest BCUT2D eigenvalue weighted by atomic mass is 10.1. The molecule has 0 radical (unpaired) electrons. The highest BCUT2D eigenvalue weighted by Gasteiger charge is 2.24. The number of hydrogen-bond acceptors (Lipinski definition) is 5. The highest BCUT2D eigenvalue weighted by atomic mass is 16.6. The van der Waals surface area contributed by atoms with Crippen molar-refractivity contribution < 1.29 is 9.47 Å². The Labute approximate surface area is 101 Å². The van der Waals surface area contributed by atoms with Gasteiger partial charge in [-0.25, -0.2) is 9.67 Å². The molecule has 1 aromatic rings. The third-order valence-corrected chi connectivity index (χ3v) is 2.87. The second kappa shape index (κ2) is 5.57. The Balaban J connectivity index is 1.97. The summed E-state index contributed by atoms with van der Waals surface area (Å²) >= 11 is 0. The first-order valence-electron chi connectivity index (χ1n) is 6.01. The van der Waals surface area contributed by atoms with Gasteiger partial charge in [-0.3, -0.25) is 0 Å². The van der Waals surface area contributed by atoms with E-state index in [-0.39, 0.29) is 12.1 Å². The van der Waals surface area contributed by atoms with Crippen molar-refractivity contribution in [1.29, 1.82) is 0 Å². The van der Waals surface area contributed by atoms with Gasteiger partial charge in [0.1, 0.15) is 12.2 Å². The van der Waals surface area contributed by atoms with Gasteiger partial charge in [0.2, 0.25) is 0 Å². The molecule has 1 fully saturated rings. The van der Waals surface area contributed by atoms with Crippen molar-refractivity contribution in [2.45, 2.75) is 38.5 Å². The van der Waals surface area contributed by atoms with Crippen molar-refractivity contribution in [1.82, 2.24) is 14.8 Å². The number of hydrogen-bond donors (Lipinski definition) is 1. The van der Waals surface area contributed by atoms with Crippen molar-refractivity contribution in [3.05, 3.63) is 12.2 Å².